The Labute approximate surface area is 169 Å². The number of para-hydroxylation sites is 1. The first kappa shape index (κ1) is 19.2. The summed E-state index contributed by atoms with van der Waals surface area (Å²) in [6.07, 6.45) is 1.77. The van der Waals surface area contributed by atoms with Gasteiger partial charge in [-0.1, -0.05) is 36.4 Å². The maximum Gasteiger partial charge on any atom is 0.315 e. The Morgan fingerprint density at radius 3 is 2.45 bits per heavy atom. The third-order valence-electron chi connectivity index (χ3n) is 5.75. The maximum absolute atomic E-state index is 14.1. The number of aromatic nitrogens is 2. The van der Waals surface area contributed by atoms with E-state index in [0.29, 0.717) is 18.7 Å². The minimum absolute atomic E-state index is 0.202. The van der Waals surface area contributed by atoms with Crippen LogP contribution in [-0.2, 0) is 12.0 Å². The van der Waals surface area contributed by atoms with Gasteiger partial charge in [-0.15, -0.1) is 0 Å². The van der Waals surface area contributed by atoms with Crippen LogP contribution >= 0.6 is 0 Å². The van der Waals surface area contributed by atoms with Gasteiger partial charge in [-0.25, -0.2) is 13.9 Å². The minimum atomic E-state index is -0.271. The summed E-state index contributed by atoms with van der Waals surface area (Å²) in [6.45, 7) is 4.77. The number of hydrogen-bond acceptors (Lipinski definition) is 2. The first-order valence-electron chi connectivity index (χ1n) is 9.87. The Bertz CT molecular complexity index is 1020. The number of nitrogens with zero attached hydrogens (tertiary/aromatic N) is 2. The Kier molecular flexibility index (Phi) is 5.09. The van der Waals surface area contributed by atoms with Gasteiger partial charge >= 0.3 is 6.03 Å². The number of carbonyl (C=O) groups excluding carboxylic acids is 1. The number of benzene rings is 2. The molecule has 2 aromatic carbocycles. The molecule has 29 heavy (non-hydrogen) atoms. The van der Waals surface area contributed by atoms with Crippen molar-refractivity contribution in [2.24, 2.45) is 0 Å². The van der Waals surface area contributed by atoms with Gasteiger partial charge in [0.1, 0.15) is 5.82 Å². The third-order valence-corrected chi connectivity index (χ3v) is 5.75. The minimum Gasteiger partial charge on any atom is -0.337 e. The lowest BCUT2D eigenvalue weighted by atomic mass is 9.95. The molecular formula is C23H25FN4O. The SMILES string of the molecule is Cc1nn(-c2ccccc2)c(C)c1CNC(=O)NCC1(c2ccccc2F)CC1. The molecule has 0 spiro atoms. The highest BCUT2D eigenvalue weighted by molar-refractivity contribution is 5.74. The number of nitrogens with one attached hydrogen (secondary N) is 2. The molecule has 2 N–H and O–H groups in total. The lowest BCUT2D eigenvalue weighted by Crippen LogP contribution is -2.39. The zero-order chi connectivity index (χ0) is 20.4. The van der Waals surface area contributed by atoms with Crippen LogP contribution in [-0.4, -0.2) is 22.4 Å². The van der Waals surface area contributed by atoms with Crippen molar-refractivity contribution in [1.82, 2.24) is 20.4 Å². The average Bonchev–Trinajstić information content (AvgIpc) is 3.46. The summed E-state index contributed by atoms with van der Waals surface area (Å²) < 4.78 is 16.0. The second-order valence-electron chi connectivity index (χ2n) is 7.69. The van der Waals surface area contributed by atoms with E-state index in [9.17, 15) is 9.18 Å². The van der Waals surface area contributed by atoms with Crippen molar-refractivity contribution in [3.63, 3.8) is 0 Å². The van der Waals surface area contributed by atoms with E-state index in [4.69, 9.17) is 0 Å². The van der Waals surface area contributed by atoms with E-state index >= 15 is 0 Å². The molecule has 0 bridgehead atoms. The number of aryl methyl sites for hydroxylation is 1. The van der Waals surface area contributed by atoms with Gasteiger partial charge in [-0.3, -0.25) is 0 Å². The summed E-state index contributed by atoms with van der Waals surface area (Å²) in [5.41, 5.74) is 4.29. The quantitative estimate of drug-likeness (QED) is 0.662. The van der Waals surface area contributed by atoms with E-state index in [2.05, 4.69) is 15.7 Å². The van der Waals surface area contributed by atoms with Crippen molar-refractivity contribution < 1.29 is 9.18 Å². The molecule has 6 heteroatoms. The van der Waals surface area contributed by atoms with Gasteiger partial charge in [-0.05, 0) is 50.5 Å². The number of hydrogen-bond donors (Lipinski definition) is 2. The number of rotatable bonds is 6. The van der Waals surface area contributed by atoms with E-state index in [0.717, 1.165) is 35.5 Å². The molecular weight excluding hydrogens is 367 g/mol. The van der Waals surface area contributed by atoms with Crippen molar-refractivity contribution in [2.75, 3.05) is 6.54 Å². The number of halogens is 1. The molecule has 2 amide bonds. The average molecular weight is 392 g/mol. The molecule has 0 unspecified atom stereocenters. The summed E-state index contributed by atoms with van der Waals surface area (Å²) in [5, 5.41) is 10.4. The Morgan fingerprint density at radius 1 is 1.07 bits per heavy atom. The fourth-order valence-electron chi connectivity index (χ4n) is 3.82. The Morgan fingerprint density at radius 2 is 1.76 bits per heavy atom. The molecule has 1 aliphatic carbocycles. The third kappa shape index (κ3) is 3.88. The van der Waals surface area contributed by atoms with Crippen LogP contribution in [0.25, 0.3) is 5.69 Å². The van der Waals surface area contributed by atoms with Gasteiger partial charge in [0.05, 0.1) is 11.4 Å². The highest BCUT2D eigenvalue weighted by Crippen LogP contribution is 2.48. The monoisotopic (exact) mass is 392 g/mol. The van der Waals surface area contributed by atoms with Crippen LogP contribution in [0.4, 0.5) is 9.18 Å². The second kappa shape index (κ2) is 7.70. The predicted octanol–water partition coefficient (Wildman–Crippen LogP) is 4.16. The molecule has 1 aromatic heterocycles. The molecule has 0 atom stereocenters. The van der Waals surface area contributed by atoms with Crippen molar-refractivity contribution in [2.45, 2.75) is 38.6 Å². The van der Waals surface area contributed by atoms with E-state index in [1.165, 1.54) is 6.07 Å². The predicted molar refractivity (Wildman–Crippen MR) is 111 cm³/mol. The zero-order valence-electron chi connectivity index (χ0n) is 16.7. The van der Waals surface area contributed by atoms with Crippen LogP contribution in [0.2, 0.25) is 0 Å². The van der Waals surface area contributed by atoms with E-state index in [-0.39, 0.29) is 17.3 Å². The molecule has 150 valence electrons. The standard InChI is InChI=1S/C23H25FN4O/c1-16-19(17(2)28(27-16)18-8-4-3-5-9-18)14-25-22(29)26-15-23(12-13-23)20-10-6-7-11-21(20)24/h3-11H,12-15H2,1-2H3,(H2,25,26,29). The van der Waals surface area contributed by atoms with E-state index < -0.39 is 0 Å². The van der Waals surface area contributed by atoms with Crippen molar-refractivity contribution in [3.8, 4) is 5.69 Å². The number of urea groups is 1. The van der Waals surface area contributed by atoms with Gasteiger partial charge in [0, 0.05) is 29.8 Å². The lowest BCUT2D eigenvalue weighted by molar-refractivity contribution is 0.239. The fourth-order valence-corrected chi connectivity index (χ4v) is 3.82. The van der Waals surface area contributed by atoms with Crippen LogP contribution in [0.3, 0.4) is 0 Å². The van der Waals surface area contributed by atoms with Crippen molar-refractivity contribution in [1.29, 1.82) is 0 Å². The normalized spacial score (nSPS) is 14.4. The van der Waals surface area contributed by atoms with Gasteiger partial charge in [0.25, 0.3) is 0 Å². The van der Waals surface area contributed by atoms with Crippen LogP contribution < -0.4 is 10.6 Å². The van der Waals surface area contributed by atoms with E-state index in [1.54, 1.807) is 6.07 Å². The maximum atomic E-state index is 14.1. The molecule has 1 aliphatic rings. The lowest BCUT2D eigenvalue weighted by Gasteiger charge is -2.17. The molecule has 0 aliphatic heterocycles. The largest absolute Gasteiger partial charge is 0.337 e. The topological polar surface area (TPSA) is 59.0 Å². The summed E-state index contributed by atoms with van der Waals surface area (Å²) >= 11 is 0. The number of carbonyl (C=O) groups is 1. The second-order valence-corrected chi connectivity index (χ2v) is 7.69. The van der Waals surface area contributed by atoms with Crippen LogP contribution in [0, 0.1) is 19.7 Å². The van der Waals surface area contributed by atoms with Gasteiger partial charge in [-0.2, -0.15) is 5.10 Å². The molecule has 1 fully saturated rings. The molecule has 4 rings (SSSR count). The fraction of sp³-hybridized carbons (Fsp3) is 0.304. The summed E-state index contributed by atoms with van der Waals surface area (Å²) in [6, 6.07) is 16.5. The van der Waals surface area contributed by atoms with Gasteiger partial charge < -0.3 is 10.6 Å². The summed E-state index contributed by atoms with van der Waals surface area (Å²) in [4.78, 5) is 12.4. The van der Waals surface area contributed by atoms with Gasteiger partial charge in [0.2, 0.25) is 0 Å². The van der Waals surface area contributed by atoms with Gasteiger partial charge in [0.15, 0.2) is 0 Å². The van der Waals surface area contributed by atoms with Crippen molar-refractivity contribution >= 4 is 6.03 Å². The first-order valence-corrected chi connectivity index (χ1v) is 9.87. The zero-order valence-corrected chi connectivity index (χ0v) is 16.7. The van der Waals surface area contributed by atoms with E-state index in [1.807, 2.05) is 61.0 Å². The molecule has 0 radical (unpaired) electrons. The smallest absolute Gasteiger partial charge is 0.315 e. The first-order chi connectivity index (χ1) is 14.0. The van der Waals surface area contributed by atoms with Crippen LogP contribution in [0.5, 0.6) is 0 Å². The van der Waals surface area contributed by atoms with Crippen LogP contribution in [0.1, 0.15) is 35.4 Å². The van der Waals surface area contributed by atoms with Crippen LogP contribution in [0.15, 0.2) is 54.6 Å². The Balaban J connectivity index is 1.37. The highest BCUT2D eigenvalue weighted by Gasteiger charge is 2.46. The molecule has 0 saturated heterocycles. The Hall–Kier alpha value is -3.15. The molecule has 3 aromatic rings. The number of amides is 2. The molecule has 1 heterocycles. The molecule has 5 nitrogen and oxygen atoms in total. The summed E-state index contributed by atoms with van der Waals surface area (Å²) in [5.74, 6) is -0.202. The van der Waals surface area contributed by atoms with Crippen molar-refractivity contribution in [3.05, 3.63) is 82.9 Å². The molecule has 1 saturated carbocycles. The highest BCUT2D eigenvalue weighted by atomic mass is 19.1. The summed E-state index contributed by atoms with van der Waals surface area (Å²) in [7, 11) is 0.